The molecule has 0 saturated heterocycles. The molecule has 0 aliphatic heterocycles. The third-order valence-electron chi connectivity index (χ3n) is 12.0. The van der Waals surface area contributed by atoms with E-state index in [1.165, 1.54) is 193 Å². The van der Waals surface area contributed by atoms with E-state index in [4.69, 9.17) is 0 Å². The van der Waals surface area contributed by atoms with Crippen LogP contribution in [-0.4, -0.2) is 75.0 Å². The van der Waals surface area contributed by atoms with E-state index < -0.39 is 0 Å². The second-order valence-electron chi connectivity index (χ2n) is 17.9. The normalized spacial score (nSPS) is 11.4. The van der Waals surface area contributed by atoms with Gasteiger partial charge in [-0.15, -0.1) is 0 Å². The van der Waals surface area contributed by atoms with Gasteiger partial charge in [0.25, 0.3) is 0 Å². The van der Waals surface area contributed by atoms with E-state index in [0.717, 1.165) is 58.4 Å². The third kappa shape index (κ3) is 47.2. The average molecular weight is 834 g/mol. The van der Waals surface area contributed by atoms with Crippen molar-refractivity contribution in [2.45, 2.75) is 258 Å². The maximum atomic E-state index is 12.7. The quantitative estimate of drug-likeness (QED) is 0.0457. The molecule has 0 unspecified atom stereocenters. The number of carbonyl (C=O) groups is 3. The molecule has 0 atom stereocenters. The molecule has 0 heterocycles. The average Bonchev–Trinajstić information content (AvgIpc) is 3.23. The lowest BCUT2D eigenvalue weighted by molar-refractivity contribution is -0.122. The van der Waals surface area contributed by atoms with Gasteiger partial charge in [0.2, 0.25) is 17.7 Å². The molecule has 0 aliphatic rings. The maximum absolute atomic E-state index is 12.7. The van der Waals surface area contributed by atoms with Gasteiger partial charge in [-0.05, 0) is 38.8 Å². The van der Waals surface area contributed by atoms with Crippen LogP contribution in [0.5, 0.6) is 0 Å². The Kier molecular flexibility index (Phi) is 47.6. The summed E-state index contributed by atoms with van der Waals surface area (Å²) in [4.78, 5) is 40.0. The Morgan fingerprint density at radius 1 is 0.288 bits per heavy atom. The minimum Gasteiger partial charge on any atom is -0.356 e. The Labute approximate surface area is 367 Å². The summed E-state index contributed by atoms with van der Waals surface area (Å²) in [7, 11) is 0. The van der Waals surface area contributed by atoms with Crippen molar-refractivity contribution in [3.8, 4) is 0 Å². The molecule has 0 aromatic rings. The Hall–Kier alpha value is -1.67. The lowest BCUT2D eigenvalue weighted by Gasteiger charge is -2.22. The highest BCUT2D eigenvalue weighted by Crippen LogP contribution is 2.13. The summed E-state index contributed by atoms with van der Waals surface area (Å²) in [6.07, 6.45) is 45.5. The summed E-state index contributed by atoms with van der Waals surface area (Å²) in [5.41, 5.74) is 0. The van der Waals surface area contributed by atoms with Crippen molar-refractivity contribution in [2.24, 2.45) is 0 Å². The summed E-state index contributed by atoms with van der Waals surface area (Å²) in [5.74, 6) is 0.352. The number of hydrogen-bond donors (Lipinski definition) is 4. The van der Waals surface area contributed by atoms with Crippen molar-refractivity contribution >= 4 is 17.7 Å². The van der Waals surface area contributed by atoms with Gasteiger partial charge in [0.1, 0.15) is 0 Å². The lowest BCUT2D eigenvalue weighted by Crippen LogP contribution is -2.36. The summed E-state index contributed by atoms with van der Waals surface area (Å²) in [5, 5.41) is 12.8. The molecular formula is C51H103N5O3. The van der Waals surface area contributed by atoms with Crippen molar-refractivity contribution in [3.63, 3.8) is 0 Å². The summed E-state index contributed by atoms with van der Waals surface area (Å²) >= 11 is 0. The molecule has 0 aromatic carbocycles. The second kappa shape index (κ2) is 49.0. The van der Waals surface area contributed by atoms with Crippen LogP contribution in [-0.2, 0) is 14.4 Å². The van der Waals surface area contributed by atoms with Gasteiger partial charge in [-0.2, -0.15) is 0 Å². The molecule has 8 nitrogen and oxygen atoms in total. The fourth-order valence-corrected chi connectivity index (χ4v) is 7.93. The fraction of sp³-hybridized carbons (Fsp3) is 0.941. The van der Waals surface area contributed by atoms with Crippen molar-refractivity contribution in [1.29, 1.82) is 0 Å². The number of amides is 3. The third-order valence-corrected chi connectivity index (χ3v) is 12.0. The van der Waals surface area contributed by atoms with Crippen LogP contribution >= 0.6 is 0 Å². The van der Waals surface area contributed by atoms with Gasteiger partial charge in [0, 0.05) is 58.5 Å². The molecule has 0 rings (SSSR count). The van der Waals surface area contributed by atoms with Crippen LogP contribution in [0.4, 0.5) is 0 Å². The molecule has 0 fully saturated rings. The predicted octanol–water partition coefficient (Wildman–Crippen LogP) is 12.7. The molecule has 0 aromatic heterocycles. The first-order valence-corrected chi connectivity index (χ1v) is 26.3. The highest BCUT2D eigenvalue weighted by molar-refractivity contribution is 5.77. The largest absolute Gasteiger partial charge is 0.356 e. The molecule has 3 amide bonds. The standard InChI is InChI=1S/C51H103N5O3/c1-4-7-10-13-16-19-22-25-28-31-34-42-53-49(57)38-45-52-41-37-46-56(47-39-50(58)54-43-35-32-29-26-23-20-17-14-11-8-5-2)48-40-51(59)55-44-36-33-30-27-24-21-18-15-12-9-6-3/h52H,4-48H2,1-3H3,(H,53,57)(H,54,58)(H,55,59). The summed E-state index contributed by atoms with van der Waals surface area (Å²) < 4.78 is 0. The SMILES string of the molecule is CCCCCCCCCCCCCNC(=O)CCNCCCN(CCC(=O)NCCCCCCCCCCCCC)CCC(=O)NCCCCCCCCCCCCC. The van der Waals surface area contributed by atoms with Gasteiger partial charge in [-0.3, -0.25) is 14.4 Å². The van der Waals surface area contributed by atoms with Crippen molar-refractivity contribution < 1.29 is 14.4 Å². The molecule has 4 N–H and O–H groups in total. The molecule has 0 aliphatic carbocycles. The Morgan fingerprint density at radius 2 is 0.559 bits per heavy atom. The number of rotatable bonds is 49. The zero-order valence-corrected chi connectivity index (χ0v) is 40.0. The summed E-state index contributed by atoms with van der Waals surface area (Å²) in [6, 6.07) is 0. The monoisotopic (exact) mass is 834 g/mol. The first-order valence-electron chi connectivity index (χ1n) is 26.3. The van der Waals surface area contributed by atoms with Crippen molar-refractivity contribution in [3.05, 3.63) is 0 Å². The van der Waals surface area contributed by atoms with Crippen molar-refractivity contribution in [1.82, 2.24) is 26.2 Å². The van der Waals surface area contributed by atoms with Crippen LogP contribution in [0.15, 0.2) is 0 Å². The molecule has 0 saturated carbocycles. The van der Waals surface area contributed by atoms with E-state index in [2.05, 4.69) is 46.9 Å². The van der Waals surface area contributed by atoms with E-state index >= 15 is 0 Å². The van der Waals surface area contributed by atoms with Gasteiger partial charge in [0.05, 0.1) is 0 Å². The zero-order chi connectivity index (χ0) is 43.0. The first kappa shape index (κ1) is 57.3. The number of unbranched alkanes of at least 4 members (excludes halogenated alkanes) is 30. The minimum absolute atomic E-state index is 0.111. The Morgan fingerprint density at radius 3 is 0.864 bits per heavy atom. The number of carbonyl (C=O) groups excluding carboxylic acids is 3. The predicted molar refractivity (Wildman–Crippen MR) is 256 cm³/mol. The van der Waals surface area contributed by atoms with Crippen molar-refractivity contribution in [2.75, 3.05) is 52.4 Å². The number of hydrogen-bond acceptors (Lipinski definition) is 5. The molecule has 0 bridgehead atoms. The highest BCUT2D eigenvalue weighted by atomic mass is 16.2. The first-order chi connectivity index (χ1) is 29.0. The van der Waals surface area contributed by atoms with Gasteiger partial charge < -0.3 is 26.2 Å². The molecule has 0 radical (unpaired) electrons. The van der Waals surface area contributed by atoms with E-state index in [0.29, 0.717) is 38.9 Å². The smallest absolute Gasteiger partial charge is 0.221 e. The Bertz CT molecular complexity index is 844. The topological polar surface area (TPSA) is 103 Å². The van der Waals surface area contributed by atoms with Crippen LogP contribution in [0.3, 0.4) is 0 Å². The second-order valence-corrected chi connectivity index (χ2v) is 17.9. The van der Waals surface area contributed by atoms with E-state index in [1.54, 1.807) is 0 Å². The van der Waals surface area contributed by atoms with Gasteiger partial charge in [0.15, 0.2) is 0 Å². The lowest BCUT2D eigenvalue weighted by atomic mass is 10.1. The fourth-order valence-electron chi connectivity index (χ4n) is 7.93. The molecule has 8 heteroatoms. The van der Waals surface area contributed by atoms with E-state index in [9.17, 15) is 14.4 Å². The molecular weight excluding hydrogens is 731 g/mol. The number of nitrogens with zero attached hydrogens (tertiary/aromatic N) is 1. The van der Waals surface area contributed by atoms with Crippen LogP contribution in [0.1, 0.15) is 258 Å². The Balaban J connectivity index is 4.25. The minimum atomic E-state index is 0.111. The van der Waals surface area contributed by atoms with Gasteiger partial charge >= 0.3 is 0 Å². The van der Waals surface area contributed by atoms with E-state index in [-0.39, 0.29) is 17.7 Å². The molecule has 0 spiro atoms. The van der Waals surface area contributed by atoms with E-state index in [1.807, 2.05) is 0 Å². The summed E-state index contributed by atoms with van der Waals surface area (Å²) in [6.45, 7) is 12.8. The molecule has 59 heavy (non-hydrogen) atoms. The maximum Gasteiger partial charge on any atom is 0.221 e. The van der Waals surface area contributed by atoms with Gasteiger partial charge in [-0.25, -0.2) is 0 Å². The van der Waals surface area contributed by atoms with Crippen LogP contribution in [0.25, 0.3) is 0 Å². The zero-order valence-electron chi connectivity index (χ0n) is 40.0. The number of nitrogens with one attached hydrogen (secondary N) is 4. The van der Waals surface area contributed by atoms with Gasteiger partial charge in [-0.1, -0.05) is 213 Å². The highest BCUT2D eigenvalue weighted by Gasteiger charge is 2.11. The van der Waals surface area contributed by atoms with Crippen LogP contribution in [0.2, 0.25) is 0 Å². The van der Waals surface area contributed by atoms with Crippen LogP contribution < -0.4 is 21.3 Å². The molecule has 350 valence electrons. The van der Waals surface area contributed by atoms with Crippen LogP contribution in [0, 0.1) is 0 Å².